The highest BCUT2D eigenvalue weighted by atomic mass is 35.5. The van der Waals surface area contributed by atoms with Crippen molar-refractivity contribution >= 4 is 11.6 Å². The van der Waals surface area contributed by atoms with E-state index in [-0.39, 0.29) is 11.2 Å². The Hall–Kier alpha value is -1.07. The van der Waals surface area contributed by atoms with Crippen LogP contribution in [-0.4, -0.2) is 0 Å². The van der Waals surface area contributed by atoms with Gasteiger partial charge in [0.15, 0.2) is 0 Å². The molecule has 3 heteroatoms. The predicted octanol–water partition coefficient (Wildman–Crippen LogP) is 4.06. The Morgan fingerprint density at radius 2 is 2.00 bits per heavy atom. The Kier molecular flexibility index (Phi) is 2.47. The lowest BCUT2D eigenvalue weighted by Crippen LogP contribution is -2.46. The molecule has 0 saturated heterocycles. The molecule has 0 unspecified atom stereocenters. The molecule has 1 aromatic carbocycles. The summed E-state index contributed by atoms with van der Waals surface area (Å²) < 4.78 is 13.8. The molecule has 1 saturated carbocycles. The van der Waals surface area contributed by atoms with Crippen molar-refractivity contribution in [3.63, 3.8) is 0 Å². The third-order valence-electron chi connectivity index (χ3n) is 3.22. The Balaban J connectivity index is 2.49. The largest absolute Gasteiger partial charge is 0.207 e. The highest BCUT2D eigenvalue weighted by molar-refractivity contribution is 6.31. The highest BCUT2D eigenvalue weighted by Gasteiger charge is 2.52. The lowest BCUT2D eigenvalue weighted by molar-refractivity contribution is 0.0971. The minimum atomic E-state index is -0.730. The van der Waals surface area contributed by atoms with Crippen LogP contribution in [0.1, 0.15) is 32.3 Å². The Morgan fingerprint density at radius 1 is 1.38 bits per heavy atom. The summed E-state index contributed by atoms with van der Waals surface area (Å²) in [7, 11) is 0. The van der Waals surface area contributed by atoms with Crippen LogP contribution in [0.25, 0.3) is 0 Å². The number of hydrogen-bond acceptors (Lipinski definition) is 1. The minimum Gasteiger partial charge on any atom is -0.207 e. The second-order valence-electron chi connectivity index (χ2n) is 5.31. The molecular formula is C13H13ClFN. The molecule has 0 aromatic heterocycles. The molecule has 0 atom stereocenters. The molecule has 1 aliphatic rings. The van der Waals surface area contributed by atoms with Crippen LogP contribution < -0.4 is 0 Å². The van der Waals surface area contributed by atoms with E-state index in [0.29, 0.717) is 23.4 Å². The van der Waals surface area contributed by atoms with E-state index in [2.05, 4.69) is 19.9 Å². The van der Waals surface area contributed by atoms with E-state index >= 15 is 0 Å². The quantitative estimate of drug-likeness (QED) is 0.723. The van der Waals surface area contributed by atoms with E-state index in [9.17, 15) is 9.65 Å². The topological polar surface area (TPSA) is 23.8 Å². The van der Waals surface area contributed by atoms with Gasteiger partial charge in [-0.2, -0.15) is 5.26 Å². The summed E-state index contributed by atoms with van der Waals surface area (Å²) in [6, 6.07) is 6.82. The van der Waals surface area contributed by atoms with Gasteiger partial charge in [0.1, 0.15) is 5.82 Å². The number of halogens is 2. The van der Waals surface area contributed by atoms with E-state index in [1.165, 1.54) is 6.07 Å². The number of rotatable bonds is 1. The first-order valence-corrected chi connectivity index (χ1v) is 5.64. The average molecular weight is 238 g/mol. The van der Waals surface area contributed by atoms with Crippen molar-refractivity contribution in [1.82, 2.24) is 0 Å². The van der Waals surface area contributed by atoms with Crippen molar-refractivity contribution in [2.45, 2.75) is 32.1 Å². The van der Waals surface area contributed by atoms with Gasteiger partial charge < -0.3 is 0 Å². The molecule has 1 aliphatic carbocycles. The van der Waals surface area contributed by atoms with E-state index in [0.717, 1.165) is 0 Å². The third-order valence-corrected chi connectivity index (χ3v) is 3.53. The molecule has 0 N–H and O–H groups in total. The second-order valence-corrected chi connectivity index (χ2v) is 5.72. The van der Waals surface area contributed by atoms with Crippen LogP contribution in [0.2, 0.25) is 5.02 Å². The maximum Gasteiger partial charge on any atom is 0.129 e. The van der Waals surface area contributed by atoms with Gasteiger partial charge in [0.2, 0.25) is 0 Å². The van der Waals surface area contributed by atoms with Gasteiger partial charge in [-0.15, -0.1) is 0 Å². The number of benzene rings is 1. The molecule has 1 aromatic rings. The average Bonchev–Trinajstić information content (AvgIpc) is 2.13. The monoisotopic (exact) mass is 237 g/mol. The molecule has 16 heavy (non-hydrogen) atoms. The molecule has 0 amide bonds. The lowest BCUT2D eigenvalue weighted by atomic mass is 9.52. The molecule has 1 nitrogen and oxygen atoms in total. The summed E-state index contributed by atoms with van der Waals surface area (Å²) in [4.78, 5) is 0. The first-order valence-electron chi connectivity index (χ1n) is 5.26. The van der Waals surface area contributed by atoms with Gasteiger partial charge in [-0.25, -0.2) is 4.39 Å². The Morgan fingerprint density at radius 3 is 2.44 bits per heavy atom. The summed E-state index contributed by atoms with van der Waals surface area (Å²) in [5.41, 5.74) is -0.258. The van der Waals surface area contributed by atoms with Gasteiger partial charge in [0.05, 0.1) is 11.5 Å². The highest BCUT2D eigenvalue weighted by Crippen LogP contribution is 2.56. The van der Waals surface area contributed by atoms with Crippen LogP contribution in [0.3, 0.4) is 0 Å². The van der Waals surface area contributed by atoms with Gasteiger partial charge in [-0.05, 0) is 30.4 Å². The van der Waals surface area contributed by atoms with Crippen LogP contribution in [0.5, 0.6) is 0 Å². The van der Waals surface area contributed by atoms with Gasteiger partial charge in [0.25, 0.3) is 0 Å². The van der Waals surface area contributed by atoms with Gasteiger partial charge >= 0.3 is 0 Å². The smallest absolute Gasteiger partial charge is 0.129 e. The summed E-state index contributed by atoms with van der Waals surface area (Å²) in [6.45, 7) is 4.16. The SMILES string of the molecule is CC1(C)CC(C#N)(c2c(F)cccc2Cl)C1. The zero-order chi connectivity index (χ0) is 12.0. The fourth-order valence-electron chi connectivity index (χ4n) is 2.85. The zero-order valence-corrected chi connectivity index (χ0v) is 10.1. The maximum atomic E-state index is 13.8. The van der Waals surface area contributed by atoms with E-state index < -0.39 is 5.41 Å². The first kappa shape index (κ1) is 11.4. The van der Waals surface area contributed by atoms with Crippen molar-refractivity contribution in [3.05, 3.63) is 34.6 Å². The van der Waals surface area contributed by atoms with Crippen LogP contribution in [0.4, 0.5) is 4.39 Å². The number of nitrogens with zero attached hydrogens (tertiary/aromatic N) is 1. The van der Waals surface area contributed by atoms with Crippen molar-refractivity contribution in [3.8, 4) is 6.07 Å². The van der Waals surface area contributed by atoms with E-state index in [4.69, 9.17) is 11.6 Å². The van der Waals surface area contributed by atoms with Gasteiger partial charge in [-0.3, -0.25) is 0 Å². The standard InChI is InChI=1S/C13H13ClFN/c1-12(2)6-13(7-12,8-16)11-9(14)4-3-5-10(11)15/h3-5H,6-7H2,1-2H3. The lowest BCUT2D eigenvalue weighted by Gasteiger charge is -2.49. The molecule has 1 fully saturated rings. The van der Waals surface area contributed by atoms with Crippen LogP contribution >= 0.6 is 11.6 Å². The summed E-state index contributed by atoms with van der Waals surface area (Å²) >= 11 is 6.01. The summed E-state index contributed by atoms with van der Waals surface area (Å²) in [6.07, 6.45) is 1.33. The Labute approximate surface area is 99.8 Å². The Bertz CT molecular complexity index is 445. The van der Waals surface area contributed by atoms with Gasteiger partial charge in [0, 0.05) is 10.6 Å². The van der Waals surface area contributed by atoms with E-state index in [1.807, 2.05) is 0 Å². The second kappa shape index (κ2) is 3.46. The molecule has 0 radical (unpaired) electrons. The number of hydrogen-bond donors (Lipinski definition) is 0. The molecule has 2 rings (SSSR count). The molecule has 0 spiro atoms. The van der Waals surface area contributed by atoms with Crippen molar-refractivity contribution in [2.24, 2.45) is 5.41 Å². The third kappa shape index (κ3) is 1.60. The fourth-order valence-corrected chi connectivity index (χ4v) is 3.19. The molecule has 84 valence electrons. The van der Waals surface area contributed by atoms with Crippen molar-refractivity contribution in [2.75, 3.05) is 0 Å². The van der Waals surface area contributed by atoms with Gasteiger partial charge in [-0.1, -0.05) is 31.5 Å². The van der Waals surface area contributed by atoms with Crippen molar-refractivity contribution in [1.29, 1.82) is 5.26 Å². The van der Waals surface area contributed by atoms with E-state index in [1.54, 1.807) is 12.1 Å². The summed E-state index contributed by atoms with van der Waals surface area (Å²) in [5, 5.41) is 9.65. The fraction of sp³-hybridized carbons (Fsp3) is 0.462. The van der Waals surface area contributed by atoms with Crippen molar-refractivity contribution < 1.29 is 4.39 Å². The minimum absolute atomic E-state index is 0.0986. The molecule has 0 heterocycles. The maximum absolute atomic E-state index is 13.8. The molecule has 0 bridgehead atoms. The zero-order valence-electron chi connectivity index (χ0n) is 9.35. The van der Waals surface area contributed by atoms with Crippen LogP contribution in [-0.2, 0) is 5.41 Å². The molecular weight excluding hydrogens is 225 g/mol. The van der Waals surface area contributed by atoms with Crippen LogP contribution in [0.15, 0.2) is 18.2 Å². The first-order chi connectivity index (χ1) is 7.40. The summed E-state index contributed by atoms with van der Waals surface area (Å²) in [5.74, 6) is -0.371. The van der Waals surface area contributed by atoms with Crippen LogP contribution in [0, 0.1) is 22.6 Å². The predicted molar refractivity (Wildman–Crippen MR) is 61.7 cm³/mol. The molecule has 0 aliphatic heterocycles. The number of nitriles is 1. The normalized spacial score (nSPS) is 20.9.